The van der Waals surface area contributed by atoms with E-state index in [1.165, 1.54) is 11.1 Å². The number of hydrogen-bond acceptors (Lipinski definition) is 2. The van der Waals surface area contributed by atoms with Gasteiger partial charge in [-0.2, -0.15) is 0 Å². The van der Waals surface area contributed by atoms with Gasteiger partial charge >= 0.3 is 0 Å². The van der Waals surface area contributed by atoms with Gasteiger partial charge in [0.05, 0.1) is 0 Å². The number of aryl methyl sites for hydroxylation is 1. The Morgan fingerprint density at radius 2 is 1.90 bits per heavy atom. The maximum absolute atomic E-state index is 6.05. The summed E-state index contributed by atoms with van der Waals surface area (Å²) in [6.45, 7) is 6.56. The average molecular weight is 334 g/mol. The van der Waals surface area contributed by atoms with Crippen LogP contribution in [0.1, 0.15) is 23.6 Å². The van der Waals surface area contributed by atoms with Crippen molar-refractivity contribution in [3.8, 4) is 5.75 Å². The third kappa shape index (κ3) is 4.09. The Bertz CT molecular complexity index is 554. The molecule has 0 atom stereocenters. The van der Waals surface area contributed by atoms with Gasteiger partial charge in [0.1, 0.15) is 12.4 Å². The van der Waals surface area contributed by atoms with E-state index in [1.807, 2.05) is 18.2 Å². The van der Waals surface area contributed by atoms with E-state index in [0.717, 1.165) is 28.9 Å². The Balaban J connectivity index is 2.16. The van der Waals surface area contributed by atoms with Crippen LogP contribution in [0.3, 0.4) is 0 Å². The summed E-state index contributed by atoms with van der Waals surface area (Å²) in [5.41, 5.74) is 3.53. The predicted octanol–water partition coefficient (Wildman–Crippen LogP) is 4.45. The highest BCUT2D eigenvalue weighted by Gasteiger charge is 2.09. The first-order valence-electron chi connectivity index (χ1n) is 6.87. The lowest BCUT2D eigenvalue weighted by Gasteiger charge is -2.15. The first-order valence-corrected chi connectivity index (χ1v) is 7.66. The number of rotatable bonds is 6. The highest BCUT2D eigenvalue weighted by molar-refractivity contribution is 9.10. The minimum atomic E-state index is 0.600. The Labute approximate surface area is 129 Å². The van der Waals surface area contributed by atoms with Crippen molar-refractivity contribution in [1.29, 1.82) is 0 Å². The van der Waals surface area contributed by atoms with Crippen molar-refractivity contribution in [1.82, 2.24) is 5.32 Å². The normalized spacial score (nSPS) is 10.6. The minimum Gasteiger partial charge on any atom is -0.488 e. The van der Waals surface area contributed by atoms with E-state index >= 15 is 0 Å². The third-order valence-electron chi connectivity index (χ3n) is 3.11. The molecule has 2 aromatic carbocycles. The van der Waals surface area contributed by atoms with Crippen LogP contribution in [-0.4, -0.2) is 6.54 Å². The smallest absolute Gasteiger partial charge is 0.127 e. The summed E-state index contributed by atoms with van der Waals surface area (Å²) >= 11 is 3.55. The lowest BCUT2D eigenvalue weighted by molar-refractivity contribution is 0.300. The average Bonchev–Trinajstić information content (AvgIpc) is 2.45. The molecule has 2 nitrogen and oxygen atoms in total. The van der Waals surface area contributed by atoms with Crippen LogP contribution in [0.5, 0.6) is 5.75 Å². The van der Waals surface area contributed by atoms with Crippen LogP contribution in [0.25, 0.3) is 0 Å². The number of benzene rings is 2. The van der Waals surface area contributed by atoms with Gasteiger partial charge in [0.2, 0.25) is 0 Å². The molecular weight excluding hydrogens is 314 g/mol. The van der Waals surface area contributed by atoms with E-state index in [2.05, 4.69) is 59.4 Å². The Morgan fingerprint density at radius 1 is 1.15 bits per heavy atom. The van der Waals surface area contributed by atoms with Gasteiger partial charge in [0.25, 0.3) is 0 Å². The summed E-state index contributed by atoms with van der Waals surface area (Å²) in [6, 6.07) is 14.5. The maximum atomic E-state index is 6.05. The molecule has 2 aromatic rings. The lowest BCUT2D eigenvalue weighted by Crippen LogP contribution is -2.13. The van der Waals surface area contributed by atoms with Gasteiger partial charge in [-0.25, -0.2) is 0 Å². The van der Waals surface area contributed by atoms with Gasteiger partial charge in [-0.3, -0.25) is 0 Å². The molecule has 0 saturated carbocycles. The zero-order chi connectivity index (χ0) is 14.4. The highest BCUT2D eigenvalue weighted by atomic mass is 79.9. The fraction of sp³-hybridized carbons (Fsp3) is 0.294. The first kappa shape index (κ1) is 15.1. The van der Waals surface area contributed by atoms with Crippen LogP contribution in [0.4, 0.5) is 0 Å². The van der Waals surface area contributed by atoms with Crippen LogP contribution in [0.2, 0.25) is 0 Å². The molecule has 106 valence electrons. The molecule has 1 N–H and O–H groups in total. The molecule has 0 amide bonds. The minimum absolute atomic E-state index is 0.600. The summed E-state index contributed by atoms with van der Waals surface area (Å²) < 4.78 is 7.14. The molecule has 0 aliphatic carbocycles. The second-order valence-electron chi connectivity index (χ2n) is 4.77. The number of ether oxygens (including phenoxy) is 1. The SMILES string of the molecule is CCNCc1cc(Br)cc(C)c1OCc1ccccc1. The van der Waals surface area contributed by atoms with Gasteiger partial charge in [0.15, 0.2) is 0 Å². The summed E-state index contributed by atoms with van der Waals surface area (Å²) in [5, 5.41) is 3.36. The molecule has 0 aliphatic heterocycles. The van der Waals surface area contributed by atoms with Gasteiger partial charge < -0.3 is 10.1 Å². The molecule has 0 fully saturated rings. The highest BCUT2D eigenvalue weighted by Crippen LogP contribution is 2.28. The van der Waals surface area contributed by atoms with Crippen molar-refractivity contribution in [3.63, 3.8) is 0 Å². The van der Waals surface area contributed by atoms with E-state index in [4.69, 9.17) is 4.74 Å². The summed E-state index contributed by atoms with van der Waals surface area (Å²) in [6.07, 6.45) is 0. The van der Waals surface area contributed by atoms with Crippen molar-refractivity contribution in [3.05, 3.63) is 63.6 Å². The van der Waals surface area contributed by atoms with Crippen molar-refractivity contribution in [2.24, 2.45) is 0 Å². The molecule has 2 rings (SSSR count). The molecule has 0 spiro atoms. The predicted molar refractivity (Wildman–Crippen MR) is 87.0 cm³/mol. The molecule has 20 heavy (non-hydrogen) atoms. The van der Waals surface area contributed by atoms with E-state index in [9.17, 15) is 0 Å². The molecule has 0 heterocycles. The van der Waals surface area contributed by atoms with Crippen molar-refractivity contribution >= 4 is 15.9 Å². The monoisotopic (exact) mass is 333 g/mol. The molecule has 3 heteroatoms. The second-order valence-corrected chi connectivity index (χ2v) is 5.68. The largest absolute Gasteiger partial charge is 0.488 e. The topological polar surface area (TPSA) is 21.3 Å². The van der Waals surface area contributed by atoms with E-state index < -0.39 is 0 Å². The Kier molecular flexibility index (Phi) is 5.62. The van der Waals surface area contributed by atoms with Crippen molar-refractivity contribution in [2.45, 2.75) is 27.0 Å². The van der Waals surface area contributed by atoms with E-state index in [0.29, 0.717) is 6.61 Å². The third-order valence-corrected chi connectivity index (χ3v) is 3.57. The van der Waals surface area contributed by atoms with Crippen molar-refractivity contribution in [2.75, 3.05) is 6.54 Å². The lowest BCUT2D eigenvalue weighted by atomic mass is 10.1. The standard InChI is InChI=1S/C17H20BrNO/c1-3-19-11-15-10-16(18)9-13(2)17(15)20-12-14-7-5-4-6-8-14/h4-10,19H,3,11-12H2,1-2H3. The van der Waals surface area contributed by atoms with Crippen molar-refractivity contribution < 1.29 is 4.74 Å². The van der Waals surface area contributed by atoms with Gasteiger partial charge in [-0.05, 0) is 36.7 Å². The van der Waals surface area contributed by atoms with E-state index in [-0.39, 0.29) is 0 Å². The Hall–Kier alpha value is -1.32. The van der Waals surface area contributed by atoms with E-state index in [1.54, 1.807) is 0 Å². The molecule has 0 unspecified atom stereocenters. The van der Waals surface area contributed by atoms with Gasteiger partial charge in [-0.1, -0.05) is 53.2 Å². The van der Waals surface area contributed by atoms with Gasteiger partial charge in [-0.15, -0.1) is 0 Å². The second kappa shape index (κ2) is 7.46. The van der Waals surface area contributed by atoms with Crippen LogP contribution >= 0.6 is 15.9 Å². The molecule has 0 radical (unpaired) electrons. The zero-order valence-electron chi connectivity index (χ0n) is 11.9. The van der Waals surface area contributed by atoms with Crippen LogP contribution in [-0.2, 0) is 13.2 Å². The summed E-state index contributed by atoms with van der Waals surface area (Å²) in [4.78, 5) is 0. The molecule has 0 aliphatic rings. The molecule has 0 bridgehead atoms. The fourth-order valence-electron chi connectivity index (χ4n) is 2.13. The summed E-state index contributed by atoms with van der Waals surface area (Å²) in [5.74, 6) is 0.984. The van der Waals surface area contributed by atoms with Crippen LogP contribution < -0.4 is 10.1 Å². The number of nitrogens with one attached hydrogen (secondary N) is 1. The first-order chi connectivity index (χ1) is 9.70. The Morgan fingerprint density at radius 3 is 2.60 bits per heavy atom. The van der Waals surface area contributed by atoms with Gasteiger partial charge in [0, 0.05) is 16.6 Å². The molecule has 0 aromatic heterocycles. The molecule has 0 saturated heterocycles. The number of hydrogen-bond donors (Lipinski definition) is 1. The maximum Gasteiger partial charge on any atom is 0.127 e. The fourth-order valence-corrected chi connectivity index (χ4v) is 2.75. The molecular formula is C17H20BrNO. The zero-order valence-corrected chi connectivity index (χ0v) is 13.5. The summed E-state index contributed by atoms with van der Waals surface area (Å²) in [7, 11) is 0. The van der Waals surface area contributed by atoms with Crippen LogP contribution in [0.15, 0.2) is 46.9 Å². The number of halogens is 1. The van der Waals surface area contributed by atoms with Crippen LogP contribution in [0, 0.1) is 6.92 Å². The quantitative estimate of drug-likeness (QED) is 0.843.